The zero-order valence-corrected chi connectivity index (χ0v) is 30.8. The van der Waals surface area contributed by atoms with Crippen LogP contribution >= 0.6 is 24.8 Å². The van der Waals surface area contributed by atoms with E-state index in [2.05, 4.69) is 22.2 Å². The number of methoxy groups -OCH3 is 1. The maximum atomic E-state index is 13.7. The summed E-state index contributed by atoms with van der Waals surface area (Å²) in [4.78, 5) is 48.5. The fourth-order valence-corrected chi connectivity index (χ4v) is 5.91. The molecule has 4 aromatic rings. The Hall–Kier alpha value is -4.29. The second-order valence-corrected chi connectivity index (χ2v) is 12.3. The van der Waals surface area contributed by atoms with Gasteiger partial charge in [0.25, 0.3) is 11.8 Å². The number of nitrogens with one attached hydrogen (secondary N) is 2. The first-order chi connectivity index (χ1) is 23.2. The van der Waals surface area contributed by atoms with Gasteiger partial charge in [0, 0.05) is 73.9 Å². The van der Waals surface area contributed by atoms with Gasteiger partial charge < -0.3 is 40.2 Å². The number of aromatic amines is 1. The first-order valence-corrected chi connectivity index (χ1v) is 16.5. The number of nitrogens with two attached hydrogens (primary N) is 1. The van der Waals surface area contributed by atoms with Gasteiger partial charge in [-0.05, 0) is 87.3 Å². The van der Waals surface area contributed by atoms with Crippen molar-refractivity contribution in [1.29, 1.82) is 0 Å². The van der Waals surface area contributed by atoms with Crippen LogP contribution in [0.25, 0.3) is 10.9 Å². The number of piperazine rings is 1. The molecule has 5 rings (SSSR count). The quantitative estimate of drug-likeness (QED) is 0.143. The summed E-state index contributed by atoms with van der Waals surface area (Å²) in [5.74, 6) is 0.646. The van der Waals surface area contributed by atoms with Crippen LogP contribution in [0.15, 0.2) is 60.7 Å². The molecule has 13 heteroatoms. The molecule has 0 unspecified atom stereocenters. The molecule has 0 aliphatic carbocycles. The third-order valence-electron chi connectivity index (χ3n) is 8.81. The van der Waals surface area contributed by atoms with E-state index >= 15 is 0 Å². The van der Waals surface area contributed by atoms with Gasteiger partial charge in [-0.15, -0.1) is 24.8 Å². The van der Waals surface area contributed by atoms with Crippen LogP contribution in [-0.2, 0) is 11.3 Å². The van der Waals surface area contributed by atoms with Crippen molar-refractivity contribution < 1.29 is 23.9 Å². The first-order valence-electron chi connectivity index (χ1n) is 16.5. The van der Waals surface area contributed by atoms with Crippen molar-refractivity contribution >= 4 is 64.8 Å². The number of anilines is 2. The zero-order chi connectivity index (χ0) is 34.2. The van der Waals surface area contributed by atoms with Gasteiger partial charge in [-0.1, -0.05) is 12.1 Å². The zero-order valence-electron chi connectivity index (χ0n) is 29.1. The number of rotatable bonds is 13. The Labute approximate surface area is 306 Å². The molecule has 0 spiro atoms. The lowest BCUT2D eigenvalue weighted by Gasteiger charge is -2.32. The number of H-pyrrole nitrogens is 1. The summed E-state index contributed by atoms with van der Waals surface area (Å²) in [6, 6.07) is 18.0. The molecule has 0 atom stereocenters. The van der Waals surface area contributed by atoms with Crippen LogP contribution in [0, 0.1) is 6.92 Å². The molecule has 3 amide bonds. The highest BCUT2D eigenvalue weighted by Crippen LogP contribution is 2.32. The highest BCUT2D eigenvalue weighted by Gasteiger charge is 2.21. The van der Waals surface area contributed by atoms with Crippen molar-refractivity contribution in [3.63, 3.8) is 0 Å². The van der Waals surface area contributed by atoms with Crippen LogP contribution in [-0.4, -0.2) is 86.5 Å². The van der Waals surface area contributed by atoms with E-state index in [9.17, 15) is 14.4 Å². The van der Waals surface area contributed by atoms with E-state index in [4.69, 9.17) is 15.2 Å². The Morgan fingerprint density at radius 1 is 0.940 bits per heavy atom. The molecule has 0 saturated carbocycles. The number of unbranched alkanes of at least 4 members (excludes halogenated alkanes) is 2. The highest BCUT2D eigenvalue weighted by atomic mass is 35.5. The Morgan fingerprint density at radius 2 is 1.70 bits per heavy atom. The minimum absolute atomic E-state index is 0. The second-order valence-electron chi connectivity index (χ2n) is 12.3. The largest absolute Gasteiger partial charge is 0.495 e. The van der Waals surface area contributed by atoms with Gasteiger partial charge in [0.1, 0.15) is 11.5 Å². The summed E-state index contributed by atoms with van der Waals surface area (Å²) in [5, 5.41) is 3.70. The number of ether oxygens (including phenoxy) is 2. The number of nitrogens with zero attached hydrogens (tertiary/aromatic N) is 3. The highest BCUT2D eigenvalue weighted by molar-refractivity contribution is 6.13. The van der Waals surface area contributed by atoms with Crippen molar-refractivity contribution in [3.8, 4) is 11.5 Å². The number of likely N-dealkylation sites (N-methyl/N-ethyl adjacent to an activating group) is 1. The van der Waals surface area contributed by atoms with Crippen molar-refractivity contribution in [2.24, 2.45) is 5.73 Å². The van der Waals surface area contributed by atoms with E-state index < -0.39 is 0 Å². The number of carbonyl (C=O) groups is 3. The lowest BCUT2D eigenvalue weighted by Crippen LogP contribution is -2.47. The summed E-state index contributed by atoms with van der Waals surface area (Å²) >= 11 is 0. The minimum Gasteiger partial charge on any atom is -0.495 e. The second kappa shape index (κ2) is 18.6. The van der Waals surface area contributed by atoms with Crippen molar-refractivity contribution in [1.82, 2.24) is 14.8 Å². The van der Waals surface area contributed by atoms with Crippen molar-refractivity contribution in [2.45, 2.75) is 39.2 Å². The summed E-state index contributed by atoms with van der Waals surface area (Å²) in [6.07, 6.45) is 3.07. The van der Waals surface area contributed by atoms with Gasteiger partial charge in [0.05, 0.1) is 25.1 Å². The summed E-state index contributed by atoms with van der Waals surface area (Å²) in [5.41, 5.74) is 10.4. The number of fused-ring (bicyclic) bond motifs is 1. The maximum absolute atomic E-state index is 13.7. The van der Waals surface area contributed by atoms with Crippen LogP contribution in [0.3, 0.4) is 0 Å². The summed E-state index contributed by atoms with van der Waals surface area (Å²) in [6.45, 7) is 6.25. The molecule has 0 bridgehead atoms. The number of hydrogen-bond donors (Lipinski definition) is 3. The molecule has 0 radical (unpaired) electrons. The van der Waals surface area contributed by atoms with Gasteiger partial charge in [-0.2, -0.15) is 0 Å². The lowest BCUT2D eigenvalue weighted by molar-refractivity contribution is -0.132. The standard InChI is InChI=1S/C37H46N6O5.2ClH/c1-25-12-15-32(34(21-25)48-20-7-5-6-11-35(44)43-18-16-41(2)17-19-43)42(3)37(46)26-13-14-31(33(22-26)47-4)40-36(45)28-9-8-10-30-29(28)23-27(24-38)39-30;;/h8-10,12-15,21-23,39H,5-7,11,16-20,24,38H2,1-4H3,(H,40,45);2*1H. The molecule has 270 valence electrons. The van der Waals surface area contributed by atoms with Crippen LogP contribution in [0.1, 0.15) is 57.7 Å². The monoisotopic (exact) mass is 726 g/mol. The molecule has 11 nitrogen and oxygen atoms in total. The smallest absolute Gasteiger partial charge is 0.258 e. The van der Waals surface area contributed by atoms with Crippen LogP contribution in [0.2, 0.25) is 0 Å². The predicted octanol–water partition coefficient (Wildman–Crippen LogP) is 6.03. The number of amides is 3. The third-order valence-corrected chi connectivity index (χ3v) is 8.81. The molecule has 50 heavy (non-hydrogen) atoms. The molecule has 1 saturated heterocycles. The van der Waals surface area contributed by atoms with Gasteiger partial charge in [0.15, 0.2) is 0 Å². The predicted molar refractivity (Wildman–Crippen MR) is 204 cm³/mol. The normalized spacial score (nSPS) is 12.9. The van der Waals surface area contributed by atoms with Gasteiger partial charge in [0.2, 0.25) is 5.91 Å². The Balaban J connectivity index is 0.00000338. The van der Waals surface area contributed by atoms with Crippen LogP contribution in [0.5, 0.6) is 11.5 Å². The molecule has 4 N–H and O–H groups in total. The number of hydrogen-bond acceptors (Lipinski definition) is 7. The molecule has 1 aliphatic rings. The molecule has 1 fully saturated rings. The van der Waals surface area contributed by atoms with E-state index in [0.717, 1.165) is 67.6 Å². The minimum atomic E-state index is -0.305. The molecular formula is C37H48Cl2N6O5. The summed E-state index contributed by atoms with van der Waals surface area (Å²) in [7, 11) is 5.29. The van der Waals surface area contributed by atoms with Gasteiger partial charge in [-0.25, -0.2) is 0 Å². The van der Waals surface area contributed by atoms with E-state index in [0.29, 0.717) is 53.6 Å². The molecular weight excluding hydrogens is 679 g/mol. The lowest BCUT2D eigenvalue weighted by atomic mass is 10.1. The fraction of sp³-hybridized carbons (Fsp3) is 0.378. The van der Waals surface area contributed by atoms with Gasteiger partial charge >= 0.3 is 0 Å². The number of aromatic nitrogens is 1. The Kier molecular flexibility index (Phi) is 15.0. The SMILES string of the molecule is COc1cc(C(=O)N(C)c2ccc(C)cc2OCCCCCC(=O)N2CCN(C)CC2)ccc1NC(=O)c1cccc2[nH]c(CN)cc12.Cl.Cl. The van der Waals surface area contributed by atoms with E-state index in [1.165, 1.54) is 7.11 Å². The average molecular weight is 728 g/mol. The number of carbonyl (C=O) groups excluding carboxylic acids is 3. The number of halogens is 2. The average Bonchev–Trinajstić information content (AvgIpc) is 3.53. The maximum Gasteiger partial charge on any atom is 0.258 e. The topological polar surface area (TPSA) is 133 Å². The molecule has 1 aromatic heterocycles. The number of aryl methyl sites for hydroxylation is 1. The Bertz CT molecular complexity index is 1770. The molecule has 1 aliphatic heterocycles. The van der Waals surface area contributed by atoms with Crippen molar-refractivity contribution in [3.05, 3.63) is 83.0 Å². The van der Waals surface area contributed by atoms with Gasteiger partial charge in [-0.3, -0.25) is 14.4 Å². The molecule has 3 aromatic carbocycles. The fourth-order valence-electron chi connectivity index (χ4n) is 5.91. The van der Waals surface area contributed by atoms with Crippen LogP contribution < -0.4 is 25.4 Å². The number of benzene rings is 3. The van der Waals surface area contributed by atoms with Crippen LogP contribution in [0.4, 0.5) is 11.4 Å². The molecule has 2 heterocycles. The third kappa shape index (κ3) is 9.69. The summed E-state index contributed by atoms with van der Waals surface area (Å²) < 4.78 is 11.8. The first kappa shape index (κ1) is 40.1. The van der Waals surface area contributed by atoms with E-state index in [1.54, 1.807) is 36.2 Å². The van der Waals surface area contributed by atoms with Crippen molar-refractivity contribution in [2.75, 3.05) is 64.2 Å². The van der Waals surface area contributed by atoms with E-state index in [-0.39, 0.29) is 42.5 Å². The Morgan fingerprint density at radius 3 is 2.42 bits per heavy atom. The van der Waals surface area contributed by atoms with E-state index in [1.807, 2.05) is 48.2 Å².